The maximum absolute atomic E-state index is 13.1. The summed E-state index contributed by atoms with van der Waals surface area (Å²) in [7, 11) is 2.92. The summed E-state index contributed by atoms with van der Waals surface area (Å²) < 4.78 is 21.0. The highest BCUT2D eigenvalue weighted by Crippen LogP contribution is 2.33. The van der Waals surface area contributed by atoms with Gasteiger partial charge >= 0.3 is 0 Å². The van der Waals surface area contributed by atoms with Gasteiger partial charge in [-0.05, 0) is 30.2 Å². The smallest absolute Gasteiger partial charge is 0.277 e. The van der Waals surface area contributed by atoms with E-state index in [9.17, 15) is 9.59 Å². The number of carbonyl (C=O) groups is 2. The molecule has 1 fully saturated rings. The lowest BCUT2D eigenvalue weighted by Gasteiger charge is -2.28. The minimum absolute atomic E-state index is 0.151. The standard InChI is InChI=1S/C20H21N3O6/c1-26-17-7-5-14(19(21-17)27-2)20(25)23-9-3-8-22(23)18(24)11-13-4-6-15-16(10-13)29-12-28-15/h4-7,10H,3,8-9,11-12H2,1-2H3. The van der Waals surface area contributed by atoms with Gasteiger partial charge in [0.15, 0.2) is 11.5 Å². The van der Waals surface area contributed by atoms with E-state index in [1.54, 1.807) is 24.3 Å². The number of rotatable bonds is 5. The molecule has 0 radical (unpaired) electrons. The molecular weight excluding hydrogens is 378 g/mol. The normalized spacial score (nSPS) is 14.8. The van der Waals surface area contributed by atoms with Crippen LogP contribution in [-0.2, 0) is 11.2 Å². The van der Waals surface area contributed by atoms with E-state index >= 15 is 0 Å². The van der Waals surface area contributed by atoms with Gasteiger partial charge < -0.3 is 18.9 Å². The lowest BCUT2D eigenvalue weighted by molar-refractivity contribution is -0.139. The molecule has 29 heavy (non-hydrogen) atoms. The molecule has 0 bridgehead atoms. The van der Waals surface area contributed by atoms with Crippen molar-refractivity contribution in [3.8, 4) is 23.3 Å². The van der Waals surface area contributed by atoms with Crippen molar-refractivity contribution in [2.75, 3.05) is 34.1 Å². The predicted molar refractivity (Wildman–Crippen MR) is 101 cm³/mol. The van der Waals surface area contributed by atoms with Crippen molar-refractivity contribution in [3.63, 3.8) is 0 Å². The predicted octanol–water partition coefficient (Wildman–Crippen LogP) is 1.66. The maximum Gasteiger partial charge on any atom is 0.277 e. The third kappa shape index (κ3) is 3.63. The Kier molecular flexibility index (Phi) is 5.11. The molecule has 1 saturated heterocycles. The first-order valence-corrected chi connectivity index (χ1v) is 9.20. The van der Waals surface area contributed by atoms with E-state index in [1.807, 2.05) is 6.07 Å². The lowest BCUT2D eigenvalue weighted by atomic mass is 10.1. The second-order valence-electron chi connectivity index (χ2n) is 6.57. The van der Waals surface area contributed by atoms with Crippen LogP contribution in [0.4, 0.5) is 0 Å². The van der Waals surface area contributed by atoms with Crippen LogP contribution in [0.25, 0.3) is 0 Å². The van der Waals surface area contributed by atoms with Crippen LogP contribution in [0, 0.1) is 0 Å². The number of aromatic nitrogens is 1. The van der Waals surface area contributed by atoms with Crippen LogP contribution in [-0.4, -0.2) is 60.9 Å². The Morgan fingerprint density at radius 2 is 1.83 bits per heavy atom. The van der Waals surface area contributed by atoms with E-state index in [1.165, 1.54) is 24.2 Å². The fraction of sp³-hybridized carbons (Fsp3) is 0.350. The number of methoxy groups -OCH3 is 2. The number of nitrogens with zero attached hydrogens (tertiary/aromatic N) is 3. The number of fused-ring (bicyclic) bond motifs is 1. The van der Waals surface area contributed by atoms with E-state index in [4.69, 9.17) is 18.9 Å². The van der Waals surface area contributed by atoms with Gasteiger partial charge in [-0.25, -0.2) is 5.01 Å². The van der Waals surface area contributed by atoms with Crippen molar-refractivity contribution in [3.05, 3.63) is 41.5 Å². The zero-order valence-electron chi connectivity index (χ0n) is 16.2. The summed E-state index contributed by atoms with van der Waals surface area (Å²) in [5.74, 6) is 1.28. The minimum atomic E-state index is -0.339. The highest BCUT2D eigenvalue weighted by Gasteiger charge is 2.33. The molecule has 0 aliphatic carbocycles. The van der Waals surface area contributed by atoms with Crippen molar-refractivity contribution >= 4 is 11.8 Å². The first-order valence-electron chi connectivity index (χ1n) is 9.20. The number of hydrogen-bond donors (Lipinski definition) is 0. The van der Waals surface area contributed by atoms with Gasteiger partial charge in [0.2, 0.25) is 24.5 Å². The van der Waals surface area contributed by atoms with Gasteiger partial charge in [-0.1, -0.05) is 6.07 Å². The van der Waals surface area contributed by atoms with Crippen LogP contribution in [0.5, 0.6) is 23.3 Å². The highest BCUT2D eigenvalue weighted by molar-refractivity contribution is 5.97. The molecule has 2 aliphatic heterocycles. The number of hydrogen-bond acceptors (Lipinski definition) is 7. The van der Waals surface area contributed by atoms with Gasteiger partial charge in [-0.3, -0.25) is 14.6 Å². The molecule has 3 heterocycles. The molecule has 0 spiro atoms. The van der Waals surface area contributed by atoms with Crippen molar-refractivity contribution in [2.45, 2.75) is 12.8 Å². The van der Waals surface area contributed by atoms with Gasteiger partial charge in [0.25, 0.3) is 5.91 Å². The molecule has 4 rings (SSSR count). The van der Waals surface area contributed by atoms with Gasteiger partial charge in [0, 0.05) is 19.2 Å². The third-order valence-electron chi connectivity index (χ3n) is 4.81. The summed E-state index contributed by atoms with van der Waals surface area (Å²) in [6.07, 6.45) is 0.850. The first kappa shape index (κ1) is 18.9. The molecule has 2 amide bonds. The third-order valence-corrected chi connectivity index (χ3v) is 4.81. The van der Waals surface area contributed by atoms with Crippen molar-refractivity contribution in [2.24, 2.45) is 0 Å². The Hall–Kier alpha value is -3.49. The summed E-state index contributed by atoms with van der Waals surface area (Å²) in [5.41, 5.74) is 1.07. The number of pyridine rings is 1. The maximum atomic E-state index is 13.1. The van der Waals surface area contributed by atoms with Crippen LogP contribution < -0.4 is 18.9 Å². The van der Waals surface area contributed by atoms with Crippen LogP contribution in [0.15, 0.2) is 30.3 Å². The van der Waals surface area contributed by atoms with E-state index in [0.717, 1.165) is 5.56 Å². The molecule has 0 unspecified atom stereocenters. The minimum Gasteiger partial charge on any atom is -0.481 e. The molecule has 9 heteroatoms. The van der Waals surface area contributed by atoms with Crippen molar-refractivity contribution in [1.82, 2.24) is 15.0 Å². The average molecular weight is 399 g/mol. The Morgan fingerprint density at radius 3 is 2.62 bits per heavy atom. The van der Waals surface area contributed by atoms with Crippen LogP contribution >= 0.6 is 0 Å². The molecular formula is C20H21N3O6. The summed E-state index contributed by atoms with van der Waals surface area (Å²) in [6, 6.07) is 8.57. The van der Waals surface area contributed by atoms with E-state index in [0.29, 0.717) is 36.9 Å². The van der Waals surface area contributed by atoms with E-state index in [2.05, 4.69) is 4.98 Å². The lowest BCUT2D eigenvalue weighted by Crippen LogP contribution is -2.45. The molecule has 1 aromatic carbocycles. The second-order valence-corrected chi connectivity index (χ2v) is 6.57. The fourth-order valence-electron chi connectivity index (χ4n) is 3.39. The molecule has 0 saturated carbocycles. The van der Waals surface area contributed by atoms with Gasteiger partial charge in [-0.15, -0.1) is 0 Å². The zero-order valence-corrected chi connectivity index (χ0v) is 16.2. The van der Waals surface area contributed by atoms with Crippen molar-refractivity contribution in [1.29, 1.82) is 0 Å². The summed E-state index contributed by atoms with van der Waals surface area (Å²) in [5, 5.41) is 2.93. The zero-order chi connectivity index (χ0) is 20.4. The number of carbonyl (C=O) groups excluding carboxylic acids is 2. The average Bonchev–Trinajstić information content (AvgIpc) is 3.41. The highest BCUT2D eigenvalue weighted by atomic mass is 16.7. The van der Waals surface area contributed by atoms with Gasteiger partial charge in [-0.2, -0.15) is 4.98 Å². The number of benzene rings is 1. The first-order chi connectivity index (χ1) is 14.1. The quantitative estimate of drug-likeness (QED) is 0.755. The number of hydrazine groups is 1. The Labute approximate surface area is 167 Å². The van der Waals surface area contributed by atoms with E-state index in [-0.39, 0.29) is 36.5 Å². The molecule has 2 aliphatic rings. The summed E-state index contributed by atoms with van der Waals surface area (Å²) in [6.45, 7) is 1.10. The molecule has 152 valence electrons. The Morgan fingerprint density at radius 1 is 1.03 bits per heavy atom. The van der Waals surface area contributed by atoms with Gasteiger partial charge in [0.05, 0.1) is 20.6 Å². The second kappa shape index (κ2) is 7.86. The van der Waals surface area contributed by atoms with Gasteiger partial charge in [0.1, 0.15) is 5.56 Å². The van der Waals surface area contributed by atoms with Crippen LogP contribution in [0.1, 0.15) is 22.3 Å². The summed E-state index contributed by atoms with van der Waals surface area (Å²) >= 11 is 0. The SMILES string of the molecule is COc1ccc(C(=O)N2CCCN2C(=O)Cc2ccc3c(c2)OCO3)c(OC)n1. The monoisotopic (exact) mass is 399 g/mol. The molecule has 0 N–H and O–H groups in total. The topological polar surface area (TPSA) is 90.4 Å². The molecule has 1 aromatic heterocycles. The number of amides is 2. The molecule has 2 aromatic rings. The largest absolute Gasteiger partial charge is 0.481 e. The number of ether oxygens (including phenoxy) is 4. The summed E-state index contributed by atoms with van der Waals surface area (Å²) in [4.78, 5) is 30.1. The Balaban J connectivity index is 1.51. The molecule has 0 atom stereocenters. The van der Waals surface area contributed by atoms with Crippen LogP contribution in [0.2, 0.25) is 0 Å². The molecule has 9 nitrogen and oxygen atoms in total. The van der Waals surface area contributed by atoms with E-state index < -0.39 is 0 Å². The van der Waals surface area contributed by atoms with Crippen molar-refractivity contribution < 1.29 is 28.5 Å². The Bertz CT molecular complexity index is 948. The fourth-order valence-corrected chi connectivity index (χ4v) is 3.39. The van der Waals surface area contributed by atoms with Crippen LogP contribution in [0.3, 0.4) is 0 Å².